The lowest BCUT2D eigenvalue weighted by atomic mass is 9.84. The third kappa shape index (κ3) is 3.94. The average molecular weight is 436 g/mol. The average Bonchev–Trinajstić information content (AvgIpc) is 3.23. The van der Waals surface area contributed by atoms with Crippen LogP contribution in [0.3, 0.4) is 0 Å². The Morgan fingerprint density at radius 1 is 0.848 bits per heavy atom. The molecular weight excluding hydrogens is 406 g/mol. The molecule has 0 amide bonds. The van der Waals surface area contributed by atoms with Gasteiger partial charge < -0.3 is 5.11 Å². The van der Waals surface area contributed by atoms with Gasteiger partial charge in [-0.25, -0.2) is 0 Å². The van der Waals surface area contributed by atoms with Crippen LogP contribution < -0.4 is 0 Å². The fourth-order valence-electron chi connectivity index (χ4n) is 5.40. The molecule has 1 aliphatic heterocycles. The highest BCUT2D eigenvalue weighted by Gasteiger charge is 2.28. The van der Waals surface area contributed by atoms with Gasteiger partial charge in [0.25, 0.3) is 0 Å². The highest BCUT2D eigenvalue weighted by molar-refractivity contribution is 5.85. The molecule has 3 heteroatoms. The molecule has 1 heterocycles. The van der Waals surface area contributed by atoms with Crippen LogP contribution in [0.25, 0.3) is 21.9 Å². The van der Waals surface area contributed by atoms with Gasteiger partial charge in [0.05, 0.1) is 6.42 Å². The van der Waals surface area contributed by atoms with E-state index in [1.54, 1.807) is 0 Å². The number of carbonyl (C=O) groups is 1. The van der Waals surface area contributed by atoms with E-state index in [0.717, 1.165) is 41.9 Å². The summed E-state index contributed by atoms with van der Waals surface area (Å²) >= 11 is 0. The minimum atomic E-state index is -0.781. The Kier molecular flexibility index (Phi) is 5.51. The van der Waals surface area contributed by atoms with Crippen LogP contribution in [0.1, 0.15) is 38.9 Å². The quantitative estimate of drug-likeness (QED) is 0.385. The Balaban J connectivity index is 1.56. The summed E-state index contributed by atoms with van der Waals surface area (Å²) in [7, 11) is 0. The second-order valence-corrected chi connectivity index (χ2v) is 9.28. The van der Waals surface area contributed by atoms with E-state index in [-0.39, 0.29) is 6.42 Å². The van der Waals surface area contributed by atoms with Crippen molar-refractivity contribution in [3.63, 3.8) is 0 Å². The number of fused-ring (bicyclic) bond motifs is 2. The lowest BCUT2D eigenvalue weighted by molar-refractivity contribution is -0.136. The van der Waals surface area contributed by atoms with Gasteiger partial charge in [-0.3, -0.25) is 9.69 Å². The molecule has 0 aliphatic carbocycles. The third-order valence-corrected chi connectivity index (χ3v) is 7.10. The number of nitrogens with zero attached hydrogens (tertiary/aromatic N) is 1. The SMILES string of the molecule is Cc1ccc(-c2c(C)c3c(c(C)c2CC(=O)O)CN(Cc2cccc4ccccc24)C3)cc1. The second-order valence-electron chi connectivity index (χ2n) is 9.28. The molecule has 0 spiro atoms. The van der Waals surface area contributed by atoms with E-state index in [4.69, 9.17) is 0 Å². The van der Waals surface area contributed by atoms with Crippen LogP contribution in [-0.2, 0) is 30.8 Å². The summed E-state index contributed by atoms with van der Waals surface area (Å²) in [6.45, 7) is 8.97. The number of hydrogen-bond acceptors (Lipinski definition) is 2. The number of rotatable bonds is 5. The van der Waals surface area contributed by atoms with Crippen molar-refractivity contribution >= 4 is 16.7 Å². The minimum absolute atomic E-state index is 0.0481. The van der Waals surface area contributed by atoms with Crippen molar-refractivity contribution in [3.8, 4) is 11.1 Å². The van der Waals surface area contributed by atoms with Gasteiger partial charge >= 0.3 is 5.97 Å². The molecule has 0 unspecified atom stereocenters. The summed E-state index contributed by atoms with van der Waals surface area (Å²) in [5, 5.41) is 12.3. The summed E-state index contributed by atoms with van der Waals surface area (Å²) in [4.78, 5) is 14.3. The lowest BCUT2D eigenvalue weighted by Gasteiger charge is -2.20. The van der Waals surface area contributed by atoms with Crippen molar-refractivity contribution in [2.45, 2.75) is 46.8 Å². The van der Waals surface area contributed by atoms with Crippen LogP contribution in [0.2, 0.25) is 0 Å². The molecule has 166 valence electrons. The summed E-state index contributed by atoms with van der Waals surface area (Å²) in [5.74, 6) is -0.781. The maximum absolute atomic E-state index is 11.8. The standard InChI is InChI=1S/C30H29NO2/c1-19-11-13-23(14-12-19)30-21(3)28-18-31(17-27(28)20(2)26(30)15-29(32)33)16-24-9-6-8-22-7-4-5-10-25(22)24/h4-14H,15-18H2,1-3H3,(H,32,33). The molecule has 1 aliphatic rings. The van der Waals surface area contributed by atoms with E-state index in [2.05, 4.69) is 92.4 Å². The summed E-state index contributed by atoms with van der Waals surface area (Å²) in [5.41, 5.74) is 10.7. The van der Waals surface area contributed by atoms with Crippen LogP contribution in [-0.4, -0.2) is 16.0 Å². The molecule has 0 radical (unpaired) electrons. The molecule has 0 saturated carbocycles. The van der Waals surface area contributed by atoms with E-state index in [9.17, 15) is 9.90 Å². The Morgan fingerprint density at radius 3 is 2.24 bits per heavy atom. The van der Waals surface area contributed by atoms with E-state index in [0.29, 0.717) is 0 Å². The first-order valence-electron chi connectivity index (χ1n) is 11.5. The number of carboxylic acids is 1. The van der Waals surface area contributed by atoms with Gasteiger partial charge in [0.15, 0.2) is 0 Å². The molecular formula is C30H29NO2. The highest BCUT2D eigenvalue weighted by atomic mass is 16.4. The molecule has 0 bridgehead atoms. The zero-order chi connectivity index (χ0) is 23.1. The topological polar surface area (TPSA) is 40.5 Å². The van der Waals surface area contributed by atoms with Crippen LogP contribution in [0.15, 0.2) is 66.7 Å². The molecule has 33 heavy (non-hydrogen) atoms. The summed E-state index contributed by atoms with van der Waals surface area (Å²) < 4.78 is 0. The normalized spacial score (nSPS) is 13.4. The van der Waals surface area contributed by atoms with Gasteiger partial charge in [-0.15, -0.1) is 0 Å². The van der Waals surface area contributed by atoms with Crippen molar-refractivity contribution in [2.24, 2.45) is 0 Å². The van der Waals surface area contributed by atoms with Crippen molar-refractivity contribution < 1.29 is 9.90 Å². The number of hydrogen-bond donors (Lipinski definition) is 1. The predicted octanol–water partition coefficient (Wildman–Crippen LogP) is 6.57. The zero-order valence-electron chi connectivity index (χ0n) is 19.5. The molecule has 0 saturated heterocycles. The maximum Gasteiger partial charge on any atom is 0.307 e. The number of carboxylic acid groups (broad SMARTS) is 1. The van der Waals surface area contributed by atoms with Crippen molar-refractivity contribution in [3.05, 3.63) is 106 Å². The molecule has 1 N–H and O–H groups in total. The van der Waals surface area contributed by atoms with E-state index in [1.165, 1.54) is 38.6 Å². The van der Waals surface area contributed by atoms with Crippen LogP contribution in [0.5, 0.6) is 0 Å². The van der Waals surface area contributed by atoms with Gasteiger partial charge in [-0.05, 0) is 76.1 Å². The minimum Gasteiger partial charge on any atom is -0.481 e. The van der Waals surface area contributed by atoms with E-state index < -0.39 is 5.97 Å². The molecule has 5 rings (SSSR count). The summed E-state index contributed by atoms with van der Waals surface area (Å²) in [6.07, 6.45) is 0.0481. The molecule has 4 aromatic carbocycles. The van der Waals surface area contributed by atoms with E-state index in [1.807, 2.05) is 0 Å². The predicted molar refractivity (Wildman–Crippen MR) is 134 cm³/mol. The van der Waals surface area contributed by atoms with E-state index >= 15 is 0 Å². The summed E-state index contributed by atoms with van der Waals surface area (Å²) in [6, 6.07) is 23.5. The van der Waals surface area contributed by atoms with Crippen molar-refractivity contribution in [1.82, 2.24) is 4.90 Å². The molecule has 0 fully saturated rings. The fraction of sp³-hybridized carbons (Fsp3) is 0.233. The smallest absolute Gasteiger partial charge is 0.307 e. The highest BCUT2D eigenvalue weighted by Crippen LogP contribution is 2.40. The van der Waals surface area contributed by atoms with Gasteiger partial charge in [0.1, 0.15) is 0 Å². The van der Waals surface area contributed by atoms with Crippen molar-refractivity contribution in [2.75, 3.05) is 0 Å². The molecule has 4 aromatic rings. The first-order chi connectivity index (χ1) is 15.9. The third-order valence-electron chi connectivity index (χ3n) is 7.10. The molecule has 3 nitrogen and oxygen atoms in total. The Hall–Kier alpha value is -3.43. The second kappa shape index (κ2) is 8.49. The number of benzene rings is 4. The Morgan fingerprint density at radius 2 is 1.52 bits per heavy atom. The maximum atomic E-state index is 11.8. The van der Waals surface area contributed by atoms with Crippen LogP contribution in [0.4, 0.5) is 0 Å². The van der Waals surface area contributed by atoms with Crippen LogP contribution >= 0.6 is 0 Å². The fourth-order valence-corrected chi connectivity index (χ4v) is 5.40. The monoisotopic (exact) mass is 435 g/mol. The Labute approximate surface area is 195 Å². The van der Waals surface area contributed by atoms with Gasteiger partial charge in [0, 0.05) is 19.6 Å². The van der Waals surface area contributed by atoms with Gasteiger partial charge in [0.2, 0.25) is 0 Å². The number of aliphatic carboxylic acids is 1. The first kappa shape index (κ1) is 21.4. The van der Waals surface area contributed by atoms with Gasteiger partial charge in [-0.1, -0.05) is 72.3 Å². The lowest BCUT2D eigenvalue weighted by Crippen LogP contribution is -2.16. The Bertz CT molecular complexity index is 1360. The zero-order valence-corrected chi connectivity index (χ0v) is 19.5. The largest absolute Gasteiger partial charge is 0.481 e. The van der Waals surface area contributed by atoms with Crippen molar-refractivity contribution in [1.29, 1.82) is 0 Å². The number of aryl methyl sites for hydroxylation is 1. The van der Waals surface area contributed by atoms with Crippen LogP contribution in [0, 0.1) is 20.8 Å². The molecule has 0 aromatic heterocycles. The first-order valence-corrected chi connectivity index (χ1v) is 11.5. The van der Waals surface area contributed by atoms with Gasteiger partial charge in [-0.2, -0.15) is 0 Å². The molecule has 0 atom stereocenters.